The van der Waals surface area contributed by atoms with Crippen LogP contribution in [0.25, 0.3) is 11.0 Å². The lowest BCUT2D eigenvalue weighted by molar-refractivity contribution is 0.0543. The van der Waals surface area contributed by atoms with Gasteiger partial charge in [-0.1, -0.05) is 6.07 Å². The standard InChI is InChI=1S/C12H15BN2O4/c1-12(2,3)19-11(16)15-7-14-9-6-8(13(17)18)4-5-10(9)15/h4-7,17-18H,1-3H3. The highest BCUT2D eigenvalue weighted by Crippen LogP contribution is 2.14. The first-order valence-electron chi connectivity index (χ1n) is 5.84. The summed E-state index contributed by atoms with van der Waals surface area (Å²) in [5.41, 5.74) is 0.784. The maximum absolute atomic E-state index is 12.0. The minimum absolute atomic E-state index is 0.321. The van der Waals surface area contributed by atoms with Gasteiger partial charge in [-0.05, 0) is 38.4 Å². The molecule has 0 saturated carbocycles. The van der Waals surface area contributed by atoms with Crippen molar-refractivity contribution in [3.05, 3.63) is 24.5 Å². The molecule has 0 saturated heterocycles. The topological polar surface area (TPSA) is 84.6 Å². The van der Waals surface area contributed by atoms with Crippen molar-refractivity contribution in [2.45, 2.75) is 26.4 Å². The molecule has 2 rings (SSSR count). The Balaban J connectivity index is 2.38. The van der Waals surface area contributed by atoms with Gasteiger partial charge in [0.05, 0.1) is 11.0 Å². The molecule has 0 amide bonds. The highest BCUT2D eigenvalue weighted by molar-refractivity contribution is 6.58. The molecule has 0 aliphatic carbocycles. The highest BCUT2D eigenvalue weighted by atomic mass is 16.6. The van der Waals surface area contributed by atoms with Crippen molar-refractivity contribution in [2.75, 3.05) is 0 Å². The Morgan fingerprint density at radius 2 is 2.05 bits per heavy atom. The lowest BCUT2D eigenvalue weighted by Gasteiger charge is -2.19. The van der Waals surface area contributed by atoms with E-state index < -0.39 is 18.8 Å². The van der Waals surface area contributed by atoms with Crippen LogP contribution in [0.4, 0.5) is 4.79 Å². The minimum Gasteiger partial charge on any atom is -0.443 e. The van der Waals surface area contributed by atoms with Crippen LogP contribution in [0, 0.1) is 0 Å². The fraction of sp³-hybridized carbons (Fsp3) is 0.333. The van der Waals surface area contributed by atoms with Gasteiger partial charge in [-0.2, -0.15) is 0 Å². The molecular weight excluding hydrogens is 247 g/mol. The van der Waals surface area contributed by atoms with Crippen molar-refractivity contribution in [2.24, 2.45) is 0 Å². The first-order valence-corrected chi connectivity index (χ1v) is 5.84. The summed E-state index contributed by atoms with van der Waals surface area (Å²) < 4.78 is 6.54. The SMILES string of the molecule is CC(C)(C)OC(=O)n1cnc2cc(B(O)O)ccc21. The Hall–Kier alpha value is -1.86. The summed E-state index contributed by atoms with van der Waals surface area (Å²) in [6.45, 7) is 5.35. The minimum atomic E-state index is -1.56. The quantitative estimate of drug-likeness (QED) is 0.731. The van der Waals surface area contributed by atoms with E-state index in [2.05, 4.69) is 4.98 Å². The van der Waals surface area contributed by atoms with Crippen LogP contribution in [0.2, 0.25) is 0 Å². The van der Waals surface area contributed by atoms with Crippen LogP contribution in [0.1, 0.15) is 20.8 Å². The second-order valence-electron chi connectivity index (χ2n) is 5.22. The number of carbonyl (C=O) groups is 1. The van der Waals surface area contributed by atoms with E-state index >= 15 is 0 Å². The Bertz CT molecular complexity index is 616. The number of fused-ring (bicyclic) bond motifs is 1. The van der Waals surface area contributed by atoms with Crippen molar-refractivity contribution in [1.82, 2.24) is 9.55 Å². The number of ether oxygens (including phenoxy) is 1. The number of carbonyl (C=O) groups excluding carboxylic acids is 1. The molecule has 1 heterocycles. The summed E-state index contributed by atoms with van der Waals surface area (Å²) in [4.78, 5) is 16.0. The van der Waals surface area contributed by atoms with Crippen LogP contribution >= 0.6 is 0 Å². The first-order chi connectivity index (χ1) is 8.78. The van der Waals surface area contributed by atoms with Gasteiger partial charge in [0.25, 0.3) is 0 Å². The fourth-order valence-corrected chi connectivity index (χ4v) is 1.65. The van der Waals surface area contributed by atoms with Gasteiger partial charge in [0.1, 0.15) is 11.9 Å². The molecule has 2 aromatic rings. The Labute approximate surface area is 110 Å². The molecule has 19 heavy (non-hydrogen) atoms. The smallest absolute Gasteiger partial charge is 0.443 e. The molecule has 0 bridgehead atoms. The van der Waals surface area contributed by atoms with E-state index in [9.17, 15) is 4.79 Å². The number of benzene rings is 1. The summed E-state index contributed by atoms with van der Waals surface area (Å²) >= 11 is 0. The van der Waals surface area contributed by atoms with E-state index in [4.69, 9.17) is 14.8 Å². The van der Waals surface area contributed by atoms with Crippen LogP contribution < -0.4 is 5.46 Å². The predicted octanol–water partition coefficient (Wildman–Crippen LogP) is 0.499. The Kier molecular flexibility index (Phi) is 3.34. The van der Waals surface area contributed by atoms with Crippen LogP contribution in [-0.4, -0.2) is 38.4 Å². The van der Waals surface area contributed by atoms with Crippen LogP contribution in [-0.2, 0) is 4.74 Å². The van der Waals surface area contributed by atoms with Crippen LogP contribution in [0.3, 0.4) is 0 Å². The largest absolute Gasteiger partial charge is 0.488 e. The number of hydrogen-bond donors (Lipinski definition) is 2. The van der Waals surface area contributed by atoms with Crippen molar-refractivity contribution in [1.29, 1.82) is 0 Å². The maximum Gasteiger partial charge on any atom is 0.488 e. The summed E-state index contributed by atoms with van der Waals surface area (Å²) in [6, 6.07) is 4.64. The number of hydrogen-bond acceptors (Lipinski definition) is 5. The second kappa shape index (κ2) is 4.67. The van der Waals surface area contributed by atoms with Crippen LogP contribution in [0.5, 0.6) is 0 Å². The van der Waals surface area contributed by atoms with Gasteiger partial charge < -0.3 is 14.8 Å². The van der Waals surface area contributed by atoms with E-state index in [0.717, 1.165) is 0 Å². The molecule has 1 aromatic heterocycles. The molecule has 0 aliphatic rings. The number of aromatic nitrogens is 2. The zero-order chi connectivity index (χ0) is 14.2. The van der Waals surface area contributed by atoms with Gasteiger partial charge >= 0.3 is 13.2 Å². The third kappa shape index (κ3) is 2.94. The third-order valence-electron chi connectivity index (χ3n) is 2.46. The van der Waals surface area contributed by atoms with Crippen LogP contribution in [0.15, 0.2) is 24.5 Å². The molecule has 0 aliphatic heterocycles. The van der Waals surface area contributed by atoms with Gasteiger partial charge in [-0.25, -0.2) is 14.3 Å². The Morgan fingerprint density at radius 1 is 1.37 bits per heavy atom. The molecule has 6 nitrogen and oxygen atoms in total. The molecule has 0 unspecified atom stereocenters. The van der Waals surface area contributed by atoms with E-state index in [-0.39, 0.29) is 0 Å². The average Bonchev–Trinajstić information content (AvgIpc) is 2.68. The fourth-order valence-electron chi connectivity index (χ4n) is 1.65. The van der Waals surface area contributed by atoms with Gasteiger partial charge in [0.15, 0.2) is 0 Å². The van der Waals surface area contributed by atoms with E-state index in [1.807, 2.05) is 0 Å². The summed E-state index contributed by atoms with van der Waals surface area (Å²) in [7, 11) is -1.56. The summed E-state index contributed by atoms with van der Waals surface area (Å²) in [5, 5.41) is 18.2. The molecule has 2 N–H and O–H groups in total. The zero-order valence-corrected chi connectivity index (χ0v) is 11.0. The predicted molar refractivity (Wildman–Crippen MR) is 71.2 cm³/mol. The second-order valence-corrected chi connectivity index (χ2v) is 5.22. The molecule has 0 spiro atoms. The van der Waals surface area contributed by atoms with Gasteiger partial charge in [0.2, 0.25) is 0 Å². The molecule has 7 heteroatoms. The van der Waals surface area contributed by atoms with E-state index in [0.29, 0.717) is 16.5 Å². The monoisotopic (exact) mass is 262 g/mol. The van der Waals surface area contributed by atoms with E-state index in [1.54, 1.807) is 26.8 Å². The molecular formula is C12H15BN2O4. The third-order valence-corrected chi connectivity index (χ3v) is 2.46. The molecule has 0 radical (unpaired) electrons. The zero-order valence-electron chi connectivity index (χ0n) is 11.0. The number of imidazole rings is 1. The molecule has 0 atom stereocenters. The average molecular weight is 262 g/mol. The lowest BCUT2D eigenvalue weighted by Crippen LogP contribution is -2.29. The molecule has 0 fully saturated rings. The molecule has 100 valence electrons. The van der Waals surface area contributed by atoms with Crippen molar-refractivity contribution in [3.8, 4) is 0 Å². The normalized spacial score (nSPS) is 11.6. The summed E-state index contributed by atoms with van der Waals surface area (Å²) in [5.74, 6) is 0. The van der Waals surface area contributed by atoms with Gasteiger partial charge in [0, 0.05) is 0 Å². The van der Waals surface area contributed by atoms with Gasteiger partial charge in [-0.3, -0.25) is 0 Å². The summed E-state index contributed by atoms with van der Waals surface area (Å²) in [6.07, 6.45) is 0.832. The maximum atomic E-state index is 12.0. The lowest BCUT2D eigenvalue weighted by atomic mass is 9.80. The number of nitrogens with zero attached hydrogens (tertiary/aromatic N) is 2. The molecule has 1 aromatic carbocycles. The first kappa shape index (κ1) is 13.6. The van der Waals surface area contributed by atoms with Crippen molar-refractivity contribution >= 4 is 29.7 Å². The Morgan fingerprint density at radius 3 is 2.63 bits per heavy atom. The van der Waals surface area contributed by atoms with Crippen molar-refractivity contribution in [3.63, 3.8) is 0 Å². The highest BCUT2D eigenvalue weighted by Gasteiger charge is 2.20. The van der Waals surface area contributed by atoms with Crippen molar-refractivity contribution < 1.29 is 19.6 Å². The number of rotatable bonds is 1. The van der Waals surface area contributed by atoms with E-state index in [1.165, 1.54) is 23.0 Å². The van der Waals surface area contributed by atoms with Gasteiger partial charge in [-0.15, -0.1) is 0 Å².